The van der Waals surface area contributed by atoms with E-state index in [0.29, 0.717) is 0 Å². The van der Waals surface area contributed by atoms with Crippen molar-refractivity contribution in [1.82, 2.24) is 10.2 Å². The Morgan fingerprint density at radius 2 is 2.17 bits per heavy atom. The van der Waals surface area contributed by atoms with Gasteiger partial charge in [0.05, 0.1) is 0 Å². The van der Waals surface area contributed by atoms with Crippen LogP contribution in [0.25, 0.3) is 0 Å². The zero-order valence-corrected chi connectivity index (χ0v) is 12.6. The highest BCUT2D eigenvalue weighted by Gasteiger charge is 2.17. The van der Waals surface area contributed by atoms with Crippen LogP contribution in [-0.2, 0) is 13.0 Å². The van der Waals surface area contributed by atoms with Gasteiger partial charge in [0, 0.05) is 28.9 Å². The van der Waals surface area contributed by atoms with Gasteiger partial charge in [-0.05, 0) is 50.9 Å². The molecule has 0 aromatic carbocycles. The van der Waals surface area contributed by atoms with Crippen LogP contribution < -0.4 is 5.32 Å². The van der Waals surface area contributed by atoms with Gasteiger partial charge >= 0.3 is 0 Å². The fraction of sp³-hybridized carbons (Fsp3) is 0.733. The minimum atomic E-state index is 0.724. The Bertz CT molecular complexity index is 342. The van der Waals surface area contributed by atoms with Crippen LogP contribution in [0.3, 0.4) is 0 Å². The number of nitrogens with zero attached hydrogens (tertiary/aromatic N) is 1. The quantitative estimate of drug-likeness (QED) is 0.815. The Morgan fingerprint density at radius 1 is 1.33 bits per heavy atom. The first-order chi connectivity index (χ1) is 8.81. The van der Waals surface area contributed by atoms with Crippen molar-refractivity contribution in [1.29, 1.82) is 0 Å². The maximum Gasteiger partial charge on any atom is 0.0328 e. The SMILES string of the molecule is CCCN(Cc1ccc(CC)s1)CC1CCCN1. The molecular formula is C15H26N2S. The Kier molecular flexibility index (Phi) is 5.67. The summed E-state index contributed by atoms with van der Waals surface area (Å²) in [6.45, 7) is 9.30. The first-order valence-corrected chi connectivity index (χ1v) is 8.16. The third-order valence-electron chi connectivity index (χ3n) is 3.63. The van der Waals surface area contributed by atoms with Gasteiger partial charge < -0.3 is 5.32 Å². The summed E-state index contributed by atoms with van der Waals surface area (Å²) in [7, 11) is 0. The van der Waals surface area contributed by atoms with Crippen LogP contribution in [0, 0.1) is 0 Å². The van der Waals surface area contributed by atoms with Crippen LogP contribution in [0.1, 0.15) is 42.9 Å². The van der Waals surface area contributed by atoms with E-state index in [1.807, 2.05) is 11.3 Å². The molecule has 0 saturated carbocycles. The molecule has 1 fully saturated rings. The summed E-state index contributed by atoms with van der Waals surface area (Å²) >= 11 is 1.98. The fourth-order valence-electron chi connectivity index (χ4n) is 2.69. The van der Waals surface area contributed by atoms with E-state index in [0.717, 1.165) is 12.6 Å². The Labute approximate surface area is 115 Å². The molecule has 3 heteroatoms. The Hall–Kier alpha value is -0.380. The highest BCUT2D eigenvalue weighted by molar-refractivity contribution is 7.11. The molecular weight excluding hydrogens is 240 g/mol. The molecule has 0 radical (unpaired) electrons. The minimum absolute atomic E-state index is 0.724. The van der Waals surface area contributed by atoms with Crippen LogP contribution in [0.4, 0.5) is 0 Å². The van der Waals surface area contributed by atoms with Crippen LogP contribution >= 0.6 is 11.3 Å². The van der Waals surface area contributed by atoms with E-state index < -0.39 is 0 Å². The smallest absolute Gasteiger partial charge is 0.0328 e. The lowest BCUT2D eigenvalue weighted by Gasteiger charge is -2.24. The summed E-state index contributed by atoms with van der Waals surface area (Å²) < 4.78 is 0. The van der Waals surface area contributed by atoms with Gasteiger partial charge in [-0.15, -0.1) is 11.3 Å². The van der Waals surface area contributed by atoms with Gasteiger partial charge in [0.2, 0.25) is 0 Å². The largest absolute Gasteiger partial charge is 0.313 e. The van der Waals surface area contributed by atoms with E-state index in [1.54, 1.807) is 0 Å². The molecule has 1 aromatic heterocycles. The Morgan fingerprint density at radius 3 is 2.78 bits per heavy atom. The van der Waals surface area contributed by atoms with Gasteiger partial charge in [-0.2, -0.15) is 0 Å². The fourth-order valence-corrected chi connectivity index (χ4v) is 3.69. The predicted octanol–water partition coefficient (Wildman–Crippen LogP) is 3.27. The second-order valence-electron chi connectivity index (χ2n) is 5.25. The summed E-state index contributed by atoms with van der Waals surface area (Å²) in [6.07, 6.45) is 5.12. The Balaban J connectivity index is 1.87. The van der Waals surface area contributed by atoms with Crippen molar-refractivity contribution in [3.8, 4) is 0 Å². The first kappa shape index (κ1) is 14.0. The molecule has 1 N–H and O–H groups in total. The van der Waals surface area contributed by atoms with Crippen LogP contribution in [0.15, 0.2) is 12.1 Å². The topological polar surface area (TPSA) is 15.3 Å². The number of hydrogen-bond acceptors (Lipinski definition) is 3. The van der Waals surface area contributed by atoms with Crippen molar-refractivity contribution in [2.45, 2.75) is 52.1 Å². The van der Waals surface area contributed by atoms with Gasteiger partial charge in [-0.25, -0.2) is 0 Å². The zero-order chi connectivity index (χ0) is 12.8. The molecule has 0 amide bonds. The molecule has 0 spiro atoms. The van der Waals surface area contributed by atoms with Crippen LogP contribution in [0.5, 0.6) is 0 Å². The van der Waals surface area contributed by atoms with Gasteiger partial charge in [0.1, 0.15) is 0 Å². The summed E-state index contributed by atoms with van der Waals surface area (Å²) in [6, 6.07) is 5.33. The lowest BCUT2D eigenvalue weighted by molar-refractivity contribution is 0.243. The van der Waals surface area contributed by atoms with E-state index in [-0.39, 0.29) is 0 Å². The molecule has 2 heterocycles. The average molecular weight is 266 g/mol. The molecule has 0 bridgehead atoms. The minimum Gasteiger partial charge on any atom is -0.313 e. The lowest BCUT2D eigenvalue weighted by Crippen LogP contribution is -2.37. The van der Waals surface area contributed by atoms with Crippen molar-refractivity contribution in [3.05, 3.63) is 21.9 Å². The third kappa shape index (κ3) is 4.08. The highest BCUT2D eigenvalue weighted by Crippen LogP contribution is 2.19. The van der Waals surface area contributed by atoms with Crippen molar-refractivity contribution < 1.29 is 0 Å². The van der Waals surface area contributed by atoms with Gasteiger partial charge in [-0.1, -0.05) is 13.8 Å². The number of nitrogens with one attached hydrogen (secondary N) is 1. The first-order valence-electron chi connectivity index (χ1n) is 7.35. The van der Waals surface area contributed by atoms with Crippen LogP contribution in [-0.4, -0.2) is 30.6 Å². The number of thiophene rings is 1. The molecule has 1 saturated heterocycles. The van der Waals surface area contributed by atoms with Gasteiger partial charge in [0.25, 0.3) is 0 Å². The van der Waals surface area contributed by atoms with E-state index in [2.05, 4.69) is 36.2 Å². The lowest BCUT2D eigenvalue weighted by atomic mass is 10.2. The normalized spacial score (nSPS) is 19.8. The second kappa shape index (κ2) is 7.27. The summed E-state index contributed by atoms with van der Waals surface area (Å²) in [5, 5.41) is 3.61. The zero-order valence-electron chi connectivity index (χ0n) is 11.7. The molecule has 18 heavy (non-hydrogen) atoms. The molecule has 102 valence electrons. The maximum absolute atomic E-state index is 3.61. The molecule has 2 rings (SSSR count). The molecule has 0 aliphatic carbocycles. The highest BCUT2D eigenvalue weighted by atomic mass is 32.1. The molecule has 1 unspecified atom stereocenters. The standard InChI is InChI=1S/C15H26N2S/c1-3-10-17(11-13-6-5-9-16-13)12-15-8-7-14(4-2)18-15/h7-8,13,16H,3-6,9-12H2,1-2H3. The predicted molar refractivity (Wildman–Crippen MR) is 80.3 cm³/mol. The van der Waals surface area contributed by atoms with Crippen LogP contribution in [0.2, 0.25) is 0 Å². The average Bonchev–Trinajstić information content (AvgIpc) is 3.00. The van der Waals surface area contributed by atoms with E-state index in [9.17, 15) is 0 Å². The molecule has 2 nitrogen and oxygen atoms in total. The van der Waals surface area contributed by atoms with E-state index in [1.165, 1.54) is 55.1 Å². The molecule has 1 aromatic rings. The second-order valence-corrected chi connectivity index (χ2v) is 6.50. The van der Waals surface area contributed by atoms with Gasteiger partial charge in [-0.3, -0.25) is 4.90 Å². The van der Waals surface area contributed by atoms with Crippen molar-refractivity contribution >= 4 is 11.3 Å². The molecule has 1 atom stereocenters. The molecule has 1 aliphatic heterocycles. The van der Waals surface area contributed by atoms with Crippen molar-refractivity contribution in [2.75, 3.05) is 19.6 Å². The summed E-state index contributed by atoms with van der Waals surface area (Å²) in [5.41, 5.74) is 0. The van der Waals surface area contributed by atoms with E-state index >= 15 is 0 Å². The number of hydrogen-bond donors (Lipinski definition) is 1. The third-order valence-corrected chi connectivity index (χ3v) is 4.84. The maximum atomic E-state index is 3.61. The summed E-state index contributed by atoms with van der Waals surface area (Å²) in [5.74, 6) is 0. The van der Waals surface area contributed by atoms with Crippen molar-refractivity contribution in [3.63, 3.8) is 0 Å². The van der Waals surface area contributed by atoms with Crippen molar-refractivity contribution in [2.24, 2.45) is 0 Å². The van der Waals surface area contributed by atoms with E-state index in [4.69, 9.17) is 0 Å². The van der Waals surface area contributed by atoms with Gasteiger partial charge in [0.15, 0.2) is 0 Å². The summed E-state index contributed by atoms with van der Waals surface area (Å²) in [4.78, 5) is 5.66. The molecule has 1 aliphatic rings. The number of rotatable bonds is 7. The monoisotopic (exact) mass is 266 g/mol. The number of aryl methyl sites for hydroxylation is 1.